The summed E-state index contributed by atoms with van der Waals surface area (Å²) in [6, 6.07) is 12.8. The third-order valence-corrected chi connectivity index (χ3v) is 4.24. The summed E-state index contributed by atoms with van der Waals surface area (Å²) >= 11 is 5.17. The van der Waals surface area contributed by atoms with Gasteiger partial charge >= 0.3 is 0 Å². The molecule has 0 spiro atoms. The summed E-state index contributed by atoms with van der Waals surface area (Å²) in [4.78, 5) is 12.2. The molecule has 2 heterocycles. The van der Waals surface area contributed by atoms with Crippen molar-refractivity contribution in [3.63, 3.8) is 0 Å². The van der Waals surface area contributed by atoms with Gasteiger partial charge in [0, 0.05) is 6.54 Å². The van der Waals surface area contributed by atoms with E-state index < -0.39 is 6.10 Å². The fourth-order valence-electron chi connectivity index (χ4n) is 2.63. The van der Waals surface area contributed by atoms with Crippen molar-refractivity contribution in [2.75, 3.05) is 13.4 Å². The number of ether oxygens (including phenoxy) is 4. The Balaban J connectivity index is 1.23. The molecule has 2 aliphatic heterocycles. The van der Waals surface area contributed by atoms with Gasteiger partial charge in [0.1, 0.15) is 6.61 Å². The van der Waals surface area contributed by atoms with Crippen molar-refractivity contribution in [1.29, 1.82) is 0 Å². The van der Waals surface area contributed by atoms with E-state index in [0.29, 0.717) is 23.8 Å². The highest BCUT2D eigenvalue weighted by molar-refractivity contribution is 7.80. The van der Waals surface area contributed by atoms with Crippen LogP contribution in [0.2, 0.25) is 0 Å². The fraction of sp³-hybridized carbons (Fsp3) is 0.222. The molecule has 4 rings (SSSR count). The van der Waals surface area contributed by atoms with Gasteiger partial charge in [0.2, 0.25) is 12.9 Å². The second-order valence-electron chi connectivity index (χ2n) is 5.85. The van der Waals surface area contributed by atoms with Crippen molar-refractivity contribution in [1.82, 2.24) is 16.2 Å². The summed E-state index contributed by atoms with van der Waals surface area (Å²) in [7, 11) is 0. The Hall–Kier alpha value is -3.20. The molecule has 1 unspecified atom stereocenters. The molecule has 8 nitrogen and oxygen atoms in total. The molecule has 0 bridgehead atoms. The number of thiocarbonyl (C=S) groups is 1. The smallest absolute Gasteiger partial charge is 0.283 e. The van der Waals surface area contributed by atoms with Crippen LogP contribution in [-0.4, -0.2) is 30.5 Å². The van der Waals surface area contributed by atoms with Gasteiger partial charge in [-0.3, -0.25) is 15.6 Å². The molecular weight excluding hydrogens is 370 g/mol. The van der Waals surface area contributed by atoms with Crippen molar-refractivity contribution in [3.8, 4) is 23.0 Å². The minimum atomic E-state index is -0.760. The molecule has 0 saturated heterocycles. The van der Waals surface area contributed by atoms with Crippen molar-refractivity contribution in [2.45, 2.75) is 12.6 Å². The maximum Gasteiger partial charge on any atom is 0.283 e. The van der Waals surface area contributed by atoms with E-state index in [1.165, 1.54) is 0 Å². The molecule has 27 heavy (non-hydrogen) atoms. The average molecular weight is 387 g/mol. The molecule has 3 N–H and O–H groups in total. The predicted molar refractivity (Wildman–Crippen MR) is 99.6 cm³/mol. The first-order valence-electron chi connectivity index (χ1n) is 8.30. The molecule has 0 aromatic heterocycles. The Bertz CT molecular complexity index is 876. The maximum absolute atomic E-state index is 12.2. The first-order valence-corrected chi connectivity index (χ1v) is 8.70. The molecule has 0 fully saturated rings. The van der Waals surface area contributed by atoms with Gasteiger partial charge in [-0.1, -0.05) is 18.2 Å². The fourth-order valence-corrected chi connectivity index (χ4v) is 2.75. The van der Waals surface area contributed by atoms with Gasteiger partial charge < -0.3 is 24.3 Å². The normalized spacial score (nSPS) is 16.4. The van der Waals surface area contributed by atoms with Crippen LogP contribution < -0.4 is 35.1 Å². The van der Waals surface area contributed by atoms with E-state index in [2.05, 4.69) is 16.2 Å². The Morgan fingerprint density at radius 1 is 1.00 bits per heavy atom. The number of carbonyl (C=O) groups excluding carboxylic acids is 1. The quantitative estimate of drug-likeness (QED) is 0.536. The topological polar surface area (TPSA) is 90.1 Å². The number of rotatable bonds is 3. The molecule has 9 heteroatoms. The van der Waals surface area contributed by atoms with Crippen LogP contribution in [0.25, 0.3) is 0 Å². The third kappa shape index (κ3) is 3.98. The molecule has 1 amide bonds. The van der Waals surface area contributed by atoms with Crippen LogP contribution in [0, 0.1) is 0 Å². The number of fused-ring (bicyclic) bond motifs is 2. The molecule has 0 aliphatic carbocycles. The zero-order valence-electron chi connectivity index (χ0n) is 14.2. The monoisotopic (exact) mass is 387 g/mol. The molecule has 0 saturated carbocycles. The number of amides is 1. The number of nitrogens with one attached hydrogen (secondary N) is 3. The Morgan fingerprint density at radius 2 is 1.78 bits per heavy atom. The summed E-state index contributed by atoms with van der Waals surface area (Å²) in [6.07, 6.45) is -0.760. The lowest BCUT2D eigenvalue weighted by Crippen LogP contribution is -2.53. The minimum absolute atomic E-state index is 0.127. The predicted octanol–water partition coefficient (Wildman–Crippen LogP) is 1.25. The number of carbonyl (C=O) groups is 1. The minimum Gasteiger partial charge on any atom is -0.485 e. The zero-order chi connectivity index (χ0) is 18.6. The highest BCUT2D eigenvalue weighted by Gasteiger charge is 2.27. The summed E-state index contributed by atoms with van der Waals surface area (Å²) in [5.74, 6) is 2.21. The first-order chi connectivity index (χ1) is 13.2. The molecule has 140 valence electrons. The van der Waals surface area contributed by atoms with Crippen molar-refractivity contribution in [3.05, 3.63) is 48.0 Å². The van der Waals surface area contributed by atoms with Crippen LogP contribution in [0.3, 0.4) is 0 Å². The molecule has 2 aliphatic rings. The Kier molecular flexibility index (Phi) is 4.84. The van der Waals surface area contributed by atoms with Crippen LogP contribution in [0.15, 0.2) is 42.5 Å². The summed E-state index contributed by atoms with van der Waals surface area (Å²) < 4.78 is 21.8. The van der Waals surface area contributed by atoms with Crippen LogP contribution in [0.1, 0.15) is 5.56 Å². The van der Waals surface area contributed by atoms with Crippen LogP contribution in [0.5, 0.6) is 23.0 Å². The van der Waals surface area contributed by atoms with Crippen LogP contribution in [0.4, 0.5) is 0 Å². The van der Waals surface area contributed by atoms with Crippen molar-refractivity contribution >= 4 is 23.2 Å². The average Bonchev–Trinajstić information content (AvgIpc) is 3.18. The summed E-state index contributed by atoms with van der Waals surface area (Å²) in [6.45, 7) is 0.826. The van der Waals surface area contributed by atoms with Gasteiger partial charge in [0.25, 0.3) is 5.91 Å². The summed E-state index contributed by atoms with van der Waals surface area (Å²) in [5.41, 5.74) is 6.14. The second kappa shape index (κ2) is 7.58. The van der Waals surface area contributed by atoms with E-state index in [9.17, 15) is 4.79 Å². The van der Waals surface area contributed by atoms with Crippen molar-refractivity contribution < 1.29 is 23.7 Å². The summed E-state index contributed by atoms with van der Waals surface area (Å²) in [5, 5.41) is 3.28. The van der Waals surface area contributed by atoms with E-state index in [4.69, 9.17) is 31.2 Å². The lowest BCUT2D eigenvalue weighted by Gasteiger charge is -2.25. The molecular formula is C18H17N3O5S. The highest BCUT2D eigenvalue weighted by atomic mass is 32.1. The van der Waals surface area contributed by atoms with Crippen molar-refractivity contribution in [2.24, 2.45) is 0 Å². The van der Waals surface area contributed by atoms with Gasteiger partial charge in [-0.05, 0) is 42.0 Å². The van der Waals surface area contributed by atoms with E-state index in [-0.39, 0.29) is 24.4 Å². The van der Waals surface area contributed by atoms with Gasteiger partial charge in [0.15, 0.2) is 28.1 Å². The number of hydrazine groups is 1. The van der Waals surface area contributed by atoms with Gasteiger partial charge in [-0.2, -0.15) is 0 Å². The molecule has 0 radical (unpaired) electrons. The standard InChI is InChI=1S/C18H17N3O5S/c22-17(16-9-23-12-3-1-2-4-14(12)26-16)20-21-18(27)19-8-11-5-6-13-15(7-11)25-10-24-13/h1-7,16H,8-10H2,(H,20,22)(H2,19,21,27). The SMILES string of the molecule is O=C(NNC(=S)NCc1ccc2c(c1)OCO2)C1COc2ccccc2O1. The number of hydrogen-bond acceptors (Lipinski definition) is 6. The maximum atomic E-state index is 12.2. The number of para-hydroxylation sites is 2. The van der Waals surface area contributed by atoms with Crippen LogP contribution in [-0.2, 0) is 11.3 Å². The largest absolute Gasteiger partial charge is 0.485 e. The second-order valence-corrected chi connectivity index (χ2v) is 6.26. The molecule has 1 atom stereocenters. The van der Waals surface area contributed by atoms with Gasteiger partial charge in [0.05, 0.1) is 0 Å². The molecule has 2 aromatic rings. The lowest BCUT2D eigenvalue weighted by molar-refractivity contribution is -0.130. The number of benzene rings is 2. The lowest BCUT2D eigenvalue weighted by atomic mass is 10.2. The van der Waals surface area contributed by atoms with E-state index >= 15 is 0 Å². The number of hydrogen-bond donors (Lipinski definition) is 3. The zero-order valence-corrected chi connectivity index (χ0v) is 15.0. The van der Waals surface area contributed by atoms with Gasteiger partial charge in [-0.15, -0.1) is 0 Å². The highest BCUT2D eigenvalue weighted by Crippen LogP contribution is 2.32. The third-order valence-electron chi connectivity index (χ3n) is 3.99. The van der Waals surface area contributed by atoms with E-state index in [1.54, 1.807) is 12.1 Å². The first kappa shape index (κ1) is 17.2. The van der Waals surface area contributed by atoms with E-state index in [1.807, 2.05) is 30.3 Å². The van der Waals surface area contributed by atoms with Gasteiger partial charge in [-0.25, -0.2) is 0 Å². The van der Waals surface area contributed by atoms with E-state index in [0.717, 1.165) is 11.3 Å². The molecule has 2 aromatic carbocycles. The Morgan fingerprint density at radius 3 is 2.67 bits per heavy atom. The Labute approximate surface area is 160 Å². The van der Waals surface area contributed by atoms with Crippen LogP contribution >= 0.6 is 12.2 Å².